The van der Waals surface area contributed by atoms with Crippen LogP contribution in [0.2, 0.25) is 0 Å². The first-order valence-electron chi connectivity index (χ1n) is 6.86. The van der Waals surface area contributed by atoms with Crippen LogP contribution in [-0.2, 0) is 0 Å². The predicted octanol–water partition coefficient (Wildman–Crippen LogP) is 4.91. The Hall–Kier alpha value is -1.52. The second-order valence-corrected chi connectivity index (χ2v) is 6.44. The van der Waals surface area contributed by atoms with Gasteiger partial charge >= 0.3 is 0 Å². The van der Waals surface area contributed by atoms with Gasteiger partial charge in [0.25, 0.3) is 0 Å². The molecule has 2 nitrogen and oxygen atoms in total. The lowest BCUT2D eigenvalue weighted by molar-refractivity contribution is 0.867. The molecule has 0 fully saturated rings. The Balaban J connectivity index is 2.33. The first kappa shape index (κ1) is 15.9. The molecule has 0 aliphatic heterocycles. The van der Waals surface area contributed by atoms with Crippen molar-refractivity contribution in [2.24, 2.45) is 5.73 Å². The number of rotatable bonds is 5. The maximum Gasteiger partial charge on any atom is 0.107 e. The number of benzene rings is 2. The van der Waals surface area contributed by atoms with E-state index in [1.165, 1.54) is 5.56 Å². The van der Waals surface area contributed by atoms with E-state index in [4.69, 9.17) is 18.0 Å². The summed E-state index contributed by atoms with van der Waals surface area (Å²) in [5, 5.41) is 3.41. The van der Waals surface area contributed by atoms with Crippen molar-refractivity contribution in [3.8, 4) is 0 Å². The molecule has 3 N–H and O–H groups in total. The maximum absolute atomic E-state index is 5.89. The number of hydrogen-bond acceptors (Lipinski definition) is 3. The molecule has 2 aromatic rings. The van der Waals surface area contributed by atoms with Crippen molar-refractivity contribution in [3.05, 3.63) is 53.6 Å². The van der Waals surface area contributed by atoms with E-state index in [1.54, 1.807) is 11.8 Å². The van der Waals surface area contributed by atoms with Gasteiger partial charge in [-0.05, 0) is 42.0 Å². The van der Waals surface area contributed by atoms with Crippen molar-refractivity contribution in [1.82, 2.24) is 0 Å². The topological polar surface area (TPSA) is 38.0 Å². The minimum absolute atomic E-state index is 0.418. The third-order valence-electron chi connectivity index (χ3n) is 3.35. The van der Waals surface area contributed by atoms with Gasteiger partial charge in [-0.25, -0.2) is 0 Å². The second-order valence-electron chi connectivity index (χ2n) is 5.15. The highest BCUT2D eigenvalue weighted by molar-refractivity contribution is 7.98. The molecule has 0 amide bonds. The van der Waals surface area contributed by atoms with Crippen LogP contribution in [-0.4, -0.2) is 11.2 Å². The average Bonchev–Trinajstić information content (AvgIpc) is 2.47. The zero-order valence-electron chi connectivity index (χ0n) is 12.5. The molecule has 110 valence electrons. The lowest BCUT2D eigenvalue weighted by atomic mass is 10.0. The Morgan fingerprint density at radius 1 is 1.14 bits per heavy atom. The van der Waals surface area contributed by atoms with E-state index in [0.29, 0.717) is 10.9 Å². The number of anilines is 2. The van der Waals surface area contributed by atoms with E-state index in [-0.39, 0.29) is 0 Å². The fraction of sp³-hybridized carbons (Fsp3) is 0.235. The normalized spacial score (nSPS) is 10.7. The van der Waals surface area contributed by atoms with Gasteiger partial charge in [0.2, 0.25) is 0 Å². The van der Waals surface area contributed by atoms with E-state index < -0.39 is 0 Å². The Bertz CT molecular complexity index is 634. The summed E-state index contributed by atoms with van der Waals surface area (Å²) in [4.78, 5) is 1.51. The van der Waals surface area contributed by atoms with Gasteiger partial charge in [-0.2, -0.15) is 0 Å². The molecule has 0 aliphatic carbocycles. The molecule has 0 saturated heterocycles. The van der Waals surface area contributed by atoms with Crippen LogP contribution in [0.15, 0.2) is 47.4 Å². The third-order valence-corrected chi connectivity index (χ3v) is 4.33. The van der Waals surface area contributed by atoms with Crippen molar-refractivity contribution in [2.75, 3.05) is 11.6 Å². The van der Waals surface area contributed by atoms with Gasteiger partial charge in [-0.15, -0.1) is 11.8 Å². The van der Waals surface area contributed by atoms with E-state index in [1.807, 2.05) is 24.5 Å². The lowest BCUT2D eigenvalue weighted by Gasteiger charge is -2.15. The van der Waals surface area contributed by atoms with E-state index in [2.05, 4.69) is 43.4 Å². The summed E-state index contributed by atoms with van der Waals surface area (Å²) >= 11 is 6.85. The SMILES string of the molecule is CSc1cccc(Nc2ccc(C(C)C)cc2)c1C(N)=S. The molecule has 0 bridgehead atoms. The highest BCUT2D eigenvalue weighted by Gasteiger charge is 2.10. The molecule has 0 spiro atoms. The minimum Gasteiger partial charge on any atom is -0.389 e. The van der Waals surface area contributed by atoms with Crippen LogP contribution in [0, 0.1) is 0 Å². The summed E-state index contributed by atoms with van der Waals surface area (Å²) in [6.07, 6.45) is 2.03. The lowest BCUT2D eigenvalue weighted by Crippen LogP contribution is -2.13. The monoisotopic (exact) mass is 316 g/mol. The molecule has 0 aromatic heterocycles. The maximum atomic E-state index is 5.89. The fourth-order valence-corrected chi connectivity index (χ4v) is 3.09. The van der Waals surface area contributed by atoms with E-state index in [9.17, 15) is 0 Å². The Labute approximate surface area is 136 Å². The Morgan fingerprint density at radius 3 is 2.33 bits per heavy atom. The summed E-state index contributed by atoms with van der Waals surface area (Å²) in [5.41, 5.74) is 10.1. The van der Waals surface area contributed by atoms with Crippen LogP contribution >= 0.6 is 24.0 Å². The fourth-order valence-electron chi connectivity index (χ4n) is 2.17. The van der Waals surface area contributed by atoms with Crippen LogP contribution < -0.4 is 11.1 Å². The number of hydrogen-bond donors (Lipinski definition) is 2. The highest BCUT2D eigenvalue weighted by Crippen LogP contribution is 2.29. The van der Waals surface area contributed by atoms with Crippen LogP contribution in [0.3, 0.4) is 0 Å². The van der Waals surface area contributed by atoms with Crippen molar-refractivity contribution in [1.29, 1.82) is 0 Å². The first-order chi connectivity index (χ1) is 10.0. The summed E-state index contributed by atoms with van der Waals surface area (Å²) in [6.45, 7) is 4.38. The van der Waals surface area contributed by atoms with Gasteiger partial charge in [-0.3, -0.25) is 0 Å². The zero-order chi connectivity index (χ0) is 15.4. The molecule has 2 rings (SSSR count). The number of nitrogens with two attached hydrogens (primary N) is 1. The molecule has 0 aliphatic rings. The zero-order valence-corrected chi connectivity index (χ0v) is 14.1. The van der Waals surface area contributed by atoms with Crippen molar-refractivity contribution >= 4 is 40.3 Å². The van der Waals surface area contributed by atoms with Gasteiger partial charge in [0.15, 0.2) is 0 Å². The van der Waals surface area contributed by atoms with Gasteiger partial charge in [0.05, 0.1) is 0 Å². The standard InChI is InChI=1S/C17H20N2S2/c1-11(2)12-7-9-13(10-8-12)19-14-5-4-6-15(21-3)16(14)17(18)20/h4-11,19H,1-3H3,(H2,18,20). The van der Waals surface area contributed by atoms with Gasteiger partial charge < -0.3 is 11.1 Å². The van der Waals surface area contributed by atoms with Crippen molar-refractivity contribution < 1.29 is 0 Å². The summed E-state index contributed by atoms with van der Waals surface area (Å²) < 4.78 is 0. The molecule has 0 saturated carbocycles. The molecular weight excluding hydrogens is 296 g/mol. The molecule has 21 heavy (non-hydrogen) atoms. The van der Waals surface area contributed by atoms with E-state index >= 15 is 0 Å². The molecular formula is C17H20N2S2. The van der Waals surface area contributed by atoms with Crippen molar-refractivity contribution in [3.63, 3.8) is 0 Å². The van der Waals surface area contributed by atoms with Gasteiger partial charge in [0, 0.05) is 21.8 Å². The second kappa shape index (κ2) is 6.96. The molecule has 0 heterocycles. The third kappa shape index (κ3) is 3.77. The highest BCUT2D eigenvalue weighted by atomic mass is 32.2. The molecule has 0 atom stereocenters. The summed E-state index contributed by atoms with van der Waals surface area (Å²) in [6, 6.07) is 14.5. The predicted molar refractivity (Wildman–Crippen MR) is 97.9 cm³/mol. The molecule has 2 aromatic carbocycles. The molecule has 0 radical (unpaired) electrons. The smallest absolute Gasteiger partial charge is 0.107 e. The number of thiocarbonyl (C=S) groups is 1. The number of nitrogens with one attached hydrogen (secondary N) is 1. The largest absolute Gasteiger partial charge is 0.389 e. The molecule has 0 unspecified atom stereocenters. The summed E-state index contributed by atoms with van der Waals surface area (Å²) in [5.74, 6) is 0.533. The molecule has 4 heteroatoms. The minimum atomic E-state index is 0.418. The quantitative estimate of drug-likeness (QED) is 0.607. The van der Waals surface area contributed by atoms with Gasteiger partial charge in [-0.1, -0.05) is 44.3 Å². The Morgan fingerprint density at radius 2 is 1.81 bits per heavy atom. The van der Waals surface area contributed by atoms with Crippen LogP contribution in [0.4, 0.5) is 11.4 Å². The van der Waals surface area contributed by atoms with Crippen LogP contribution in [0.1, 0.15) is 30.9 Å². The average molecular weight is 316 g/mol. The van der Waals surface area contributed by atoms with Crippen LogP contribution in [0.25, 0.3) is 0 Å². The Kier molecular flexibility index (Phi) is 5.26. The van der Waals surface area contributed by atoms with Gasteiger partial charge in [0.1, 0.15) is 4.99 Å². The van der Waals surface area contributed by atoms with E-state index in [0.717, 1.165) is 21.8 Å². The number of thioether (sulfide) groups is 1. The first-order valence-corrected chi connectivity index (χ1v) is 8.50. The summed E-state index contributed by atoms with van der Waals surface area (Å²) in [7, 11) is 0. The van der Waals surface area contributed by atoms with Crippen molar-refractivity contribution in [2.45, 2.75) is 24.7 Å². The van der Waals surface area contributed by atoms with Crippen LogP contribution in [0.5, 0.6) is 0 Å².